The summed E-state index contributed by atoms with van der Waals surface area (Å²) in [6, 6.07) is 7.42. The highest BCUT2D eigenvalue weighted by Gasteiger charge is 2.01. The second-order valence-corrected chi connectivity index (χ2v) is 4.29. The van der Waals surface area contributed by atoms with Crippen LogP contribution in [0.15, 0.2) is 30.3 Å². The van der Waals surface area contributed by atoms with Gasteiger partial charge in [-0.15, -0.1) is 23.2 Å². The highest BCUT2D eigenvalue weighted by atomic mass is 35.5. The minimum Gasteiger partial charge on any atom is -0.478 e. The van der Waals surface area contributed by atoms with Crippen molar-refractivity contribution in [1.82, 2.24) is 0 Å². The van der Waals surface area contributed by atoms with E-state index in [0.29, 0.717) is 6.42 Å². The first-order chi connectivity index (χ1) is 7.08. The molecule has 0 spiro atoms. The largest absolute Gasteiger partial charge is 0.478 e. The molecule has 0 bridgehead atoms. The fraction of sp³-hybridized carbons (Fsp3) is 0.182. The lowest BCUT2D eigenvalue weighted by Crippen LogP contribution is -1.94. The third-order valence-corrected chi connectivity index (χ3v) is 2.07. The van der Waals surface area contributed by atoms with Gasteiger partial charge >= 0.3 is 5.97 Å². The van der Waals surface area contributed by atoms with Crippen molar-refractivity contribution in [2.75, 3.05) is 0 Å². The standard InChI is InChI=1S/C11H10Cl2O2/c12-10(13)7-9-3-1-2-8(6-9)4-5-11(14)15/h1-6,10H,7H2,(H,14,15). The van der Waals surface area contributed by atoms with Crippen LogP contribution >= 0.6 is 23.2 Å². The molecule has 1 rings (SSSR count). The van der Waals surface area contributed by atoms with Crippen LogP contribution < -0.4 is 0 Å². The van der Waals surface area contributed by atoms with Gasteiger partial charge in [0.15, 0.2) is 0 Å². The summed E-state index contributed by atoms with van der Waals surface area (Å²) >= 11 is 11.3. The van der Waals surface area contributed by atoms with Crippen LogP contribution in [0.1, 0.15) is 11.1 Å². The van der Waals surface area contributed by atoms with E-state index in [1.807, 2.05) is 24.3 Å². The number of aliphatic carboxylic acids is 1. The highest BCUT2D eigenvalue weighted by molar-refractivity contribution is 6.44. The van der Waals surface area contributed by atoms with E-state index in [2.05, 4.69) is 0 Å². The number of carbonyl (C=O) groups is 1. The van der Waals surface area contributed by atoms with Crippen molar-refractivity contribution in [2.45, 2.75) is 11.3 Å². The summed E-state index contributed by atoms with van der Waals surface area (Å²) in [6.45, 7) is 0. The highest BCUT2D eigenvalue weighted by Crippen LogP contribution is 2.13. The zero-order chi connectivity index (χ0) is 11.3. The van der Waals surface area contributed by atoms with E-state index in [9.17, 15) is 4.79 Å². The second kappa shape index (κ2) is 5.79. The zero-order valence-corrected chi connectivity index (χ0v) is 9.37. The van der Waals surface area contributed by atoms with Crippen LogP contribution in [0.2, 0.25) is 0 Å². The molecule has 15 heavy (non-hydrogen) atoms. The van der Waals surface area contributed by atoms with Crippen LogP contribution in [0.25, 0.3) is 6.08 Å². The molecule has 1 aromatic carbocycles. The minimum absolute atomic E-state index is 0.441. The van der Waals surface area contributed by atoms with E-state index in [4.69, 9.17) is 28.3 Å². The Morgan fingerprint density at radius 3 is 2.80 bits per heavy atom. The fourth-order valence-corrected chi connectivity index (χ4v) is 1.53. The average molecular weight is 245 g/mol. The zero-order valence-electron chi connectivity index (χ0n) is 7.86. The molecule has 0 atom stereocenters. The van der Waals surface area contributed by atoms with E-state index < -0.39 is 10.8 Å². The van der Waals surface area contributed by atoms with Gasteiger partial charge in [0, 0.05) is 12.5 Å². The van der Waals surface area contributed by atoms with Gasteiger partial charge in [0.25, 0.3) is 0 Å². The Bertz CT molecular complexity index is 373. The lowest BCUT2D eigenvalue weighted by Gasteiger charge is -2.02. The third kappa shape index (κ3) is 4.86. The number of benzene rings is 1. The predicted octanol–water partition coefficient (Wildman–Crippen LogP) is 3.13. The molecule has 80 valence electrons. The lowest BCUT2D eigenvalue weighted by molar-refractivity contribution is -0.131. The van der Waals surface area contributed by atoms with Gasteiger partial charge in [0.1, 0.15) is 4.84 Å². The molecule has 0 heterocycles. The van der Waals surface area contributed by atoms with Gasteiger partial charge in [-0.1, -0.05) is 24.3 Å². The Balaban J connectivity index is 2.78. The van der Waals surface area contributed by atoms with E-state index in [-0.39, 0.29) is 0 Å². The van der Waals surface area contributed by atoms with E-state index in [1.165, 1.54) is 6.08 Å². The number of rotatable bonds is 4. The lowest BCUT2D eigenvalue weighted by atomic mass is 10.1. The van der Waals surface area contributed by atoms with Gasteiger partial charge in [0.2, 0.25) is 0 Å². The summed E-state index contributed by atoms with van der Waals surface area (Å²) in [5.74, 6) is -0.965. The topological polar surface area (TPSA) is 37.3 Å². The molecule has 1 N–H and O–H groups in total. The first-order valence-corrected chi connectivity index (χ1v) is 5.23. The van der Waals surface area contributed by atoms with Crippen LogP contribution in [-0.2, 0) is 11.2 Å². The summed E-state index contributed by atoms with van der Waals surface area (Å²) < 4.78 is 0. The van der Waals surface area contributed by atoms with Crippen molar-refractivity contribution in [2.24, 2.45) is 0 Å². The molecule has 4 heteroatoms. The Labute approximate surface area is 98.1 Å². The SMILES string of the molecule is O=C(O)C=Cc1cccc(CC(Cl)Cl)c1. The maximum absolute atomic E-state index is 10.3. The molecule has 2 nitrogen and oxygen atoms in total. The first kappa shape index (κ1) is 12.1. The smallest absolute Gasteiger partial charge is 0.328 e. The average Bonchev–Trinajstić information content (AvgIpc) is 2.14. The predicted molar refractivity (Wildman–Crippen MR) is 62.3 cm³/mol. The van der Waals surface area contributed by atoms with Crippen LogP contribution in [0, 0.1) is 0 Å². The van der Waals surface area contributed by atoms with Crippen LogP contribution in [0.3, 0.4) is 0 Å². The molecule has 0 saturated heterocycles. The van der Waals surface area contributed by atoms with E-state index in [1.54, 1.807) is 0 Å². The Morgan fingerprint density at radius 2 is 2.20 bits per heavy atom. The maximum Gasteiger partial charge on any atom is 0.328 e. The molecule has 0 saturated carbocycles. The van der Waals surface area contributed by atoms with Crippen LogP contribution in [0.4, 0.5) is 0 Å². The fourth-order valence-electron chi connectivity index (χ4n) is 1.17. The second-order valence-electron chi connectivity index (χ2n) is 3.01. The molecular weight excluding hydrogens is 235 g/mol. The van der Waals surface area contributed by atoms with Crippen molar-refractivity contribution in [3.8, 4) is 0 Å². The summed E-state index contributed by atoms with van der Waals surface area (Å²) in [5.41, 5.74) is 1.81. The molecule has 0 aliphatic carbocycles. The Hall–Kier alpha value is -0.990. The normalized spacial score (nSPS) is 11.1. The molecule has 0 unspecified atom stereocenters. The molecule has 0 radical (unpaired) electrons. The maximum atomic E-state index is 10.3. The van der Waals surface area contributed by atoms with Crippen molar-refractivity contribution >= 4 is 35.2 Å². The van der Waals surface area contributed by atoms with Gasteiger partial charge < -0.3 is 5.11 Å². The molecular formula is C11H10Cl2O2. The monoisotopic (exact) mass is 244 g/mol. The van der Waals surface area contributed by atoms with Crippen LogP contribution in [-0.4, -0.2) is 15.9 Å². The minimum atomic E-state index is -0.965. The number of halogens is 2. The van der Waals surface area contributed by atoms with Gasteiger partial charge in [-0.3, -0.25) is 0 Å². The molecule has 0 fully saturated rings. The van der Waals surface area contributed by atoms with Gasteiger partial charge in [0.05, 0.1) is 0 Å². The molecule has 0 amide bonds. The molecule has 1 aromatic rings. The number of hydrogen-bond donors (Lipinski definition) is 1. The summed E-state index contributed by atoms with van der Waals surface area (Å²) in [5, 5.41) is 8.46. The Morgan fingerprint density at radius 1 is 1.47 bits per heavy atom. The number of carboxylic acids is 1. The van der Waals surface area contributed by atoms with Crippen molar-refractivity contribution in [3.05, 3.63) is 41.5 Å². The number of carboxylic acid groups (broad SMARTS) is 1. The summed E-state index contributed by atoms with van der Waals surface area (Å²) in [4.78, 5) is 9.87. The van der Waals surface area contributed by atoms with Crippen molar-refractivity contribution in [1.29, 1.82) is 0 Å². The summed E-state index contributed by atoms with van der Waals surface area (Å²) in [7, 11) is 0. The van der Waals surface area contributed by atoms with Gasteiger partial charge in [-0.05, 0) is 17.2 Å². The Kier molecular flexibility index (Phi) is 4.66. The molecule has 0 aromatic heterocycles. The van der Waals surface area contributed by atoms with Gasteiger partial charge in [-0.2, -0.15) is 0 Å². The summed E-state index contributed by atoms with van der Waals surface area (Å²) in [6.07, 6.45) is 3.18. The van der Waals surface area contributed by atoms with Crippen molar-refractivity contribution in [3.63, 3.8) is 0 Å². The third-order valence-electron chi connectivity index (χ3n) is 1.76. The first-order valence-electron chi connectivity index (χ1n) is 4.36. The van der Waals surface area contributed by atoms with Crippen molar-refractivity contribution < 1.29 is 9.90 Å². The van der Waals surface area contributed by atoms with Crippen LogP contribution in [0.5, 0.6) is 0 Å². The van der Waals surface area contributed by atoms with E-state index >= 15 is 0 Å². The molecule has 0 aliphatic rings. The van der Waals surface area contributed by atoms with E-state index in [0.717, 1.165) is 17.2 Å². The van der Waals surface area contributed by atoms with Gasteiger partial charge in [-0.25, -0.2) is 4.79 Å². The quantitative estimate of drug-likeness (QED) is 0.653. The number of hydrogen-bond acceptors (Lipinski definition) is 1. The number of alkyl halides is 2. The molecule has 0 aliphatic heterocycles.